The third kappa shape index (κ3) is 3.24. The fourth-order valence-electron chi connectivity index (χ4n) is 2.11. The number of likely N-dealkylation sites (N-methyl/N-ethyl adjacent to an activating group) is 1. The number of hydrazone groups is 1. The molecule has 0 aromatic heterocycles. The predicted octanol–water partition coefficient (Wildman–Crippen LogP) is 1.77. The minimum absolute atomic E-state index is 0.308. The Hall–Kier alpha value is -1.47. The lowest BCUT2D eigenvalue weighted by Crippen LogP contribution is -2.63. The van der Waals surface area contributed by atoms with Crippen molar-refractivity contribution in [2.45, 2.75) is 59.6 Å². The van der Waals surface area contributed by atoms with Gasteiger partial charge < -0.3 is 10.0 Å². The minimum atomic E-state index is -1.49. The van der Waals surface area contributed by atoms with Crippen molar-refractivity contribution in [3.63, 3.8) is 0 Å². The van der Waals surface area contributed by atoms with Gasteiger partial charge in [-0.2, -0.15) is 10.6 Å². The van der Waals surface area contributed by atoms with Crippen LogP contribution >= 0.6 is 0 Å². The third-order valence-electron chi connectivity index (χ3n) is 3.10. The first-order valence-corrected chi connectivity index (χ1v) is 6.88. The Bertz CT molecular complexity index is 485. The van der Waals surface area contributed by atoms with Gasteiger partial charge in [-0.3, -0.25) is 4.79 Å². The van der Waals surface area contributed by atoms with Gasteiger partial charge >= 0.3 is 0 Å². The van der Waals surface area contributed by atoms with Gasteiger partial charge in [-0.05, 0) is 27.7 Å². The summed E-state index contributed by atoms with van der Waals surface area (Å²) in [6.07, 6.45) is 0. The van der Waals surface area contributed by atoms with E-state index < -0.39 is 22.5 Å². The van der Waals surface area contributed by atoms with E-state index in [2.05, 4.69) is 15.7 Å². The Balaban J connectivity index is 3.35. The van der Waals surface area contributed by atoms with Crippen molar-refractivity contribution in [2.24, 2.45) is 15.7 Å². The number of nitrogens with zero attached hydrogens (tertiary/aromatic N) is 3. The molecule has 1 rings (SSSR count). The first-order valence-electron chi connectivity index (χ1n) is 6.88. The third-order valence-corrected chi connectivity index (χ3v) is 3.10. The number of hydroxylamine groups is 1. The average molecular weight is 298 g/mol. The van der Waals surface area contributed by atoms with Gasteiger partial charge in [-0.15, -0.1) is 0 Å². The number of oxime groups is 1. The molecule has 0 spiro atoms. The molecule has 21 heavy (non-hydrogen) atoms. The highest BCUT2D eigenvalue weighted by atomic mass is 16.6. The number of rotatable bonds is 3. The molecule has 7 heteroatoms. The molecule has 0 aromatic carbocycles. The summed E-state index contributed by atoms with van der Waals surface area (Å²) in [4.78, 5) is 17.9. The molecule has 120 valence electrons. The lowest BCUT2D eigenvalue weighted by atomic mass is 9.75. The molecule has 0 saturated carbocycles. The van der Waals surface area contributed by atoms with Crippen molar-refractivity contribution in [1.82, 2.24) is 10.5 Å². The molecule has 0 bridgehead atoms. The lowest BCUT2D eigenvalue weighted by Gasteiger charge is -2.32. The molecule has 1 aliphatic heterocycles. The zero-order valence-electron chi connectivity index (χ0n) is 14.1. The van der Waals surface area contributed by atoms with Gasteiger partial charge in [0.25, 0.3) is 5.91 Å². The van der Waals surface area contributed by atoms with Gasteiger partial charge in [0.2, 0.25) is 5.54 Å². The maximum absolute atomic E-state index is 12.5. The van der Waals surface area contributed by atoms with E-state index in [1.807, 2.05) is 41.5 Å². The van der Waals surface area contributed by atoms with E-state index in [0.29, 0.717) is 11.4 Å². The number of amides is 1. The lowest BCUT2D eigenvalue weighted by molar-refractivity contribution is -0.133. The van der Waals surface area contributed by atoms with E-state index in [-0.39, 0.29) is 0 Å². The van der Waals surface area contributed by atoms with Crippen LogP contribution in [0.15, 0.2) is 10.3 Å². The first kappa shape index (κ1) is 17.6. The van der Waals surface area contributed by atoms with Crippen LogP contribution < -0.4 is 5.48 Å². The Morgan fingerprint density at radius 2 is 1.86 bits per heavy atom. The van der Waals surface area contributed by atoms with Gasteiger partial charge in [-0.25, -0.2) is 5.01 Å². The second-order valence-corrected chi connectivity index (χ2v) is 7.27. The molecule has 0 fully saturated rings. The molecule has 1 heterocycles. The number of nitrogens with one attached hydrogen (secondary N) is 1. The highest BCUT2D eigenvalue weighted by Gasteiger charge is 2.56. The molecule has 0 aromatic rings. The van der Waals surface area contributed by atoms with Gasteiger partial charge in [0.15, 0.2) is 0 Å². The summed E-state index contributed by atoms with van der Waals surface area (Å²) >= 11 is 0. The number of hydrogen-bond donors (Lipinski definition) is 2. The van der Waals surface area contributed by atoms with Crippen LogP contribution in [-0.2, 0) is 9.63 Å². The maximum Gasteiger partial charge on any atom is 0.276 e. The van der Waals surface area contributed by atoms with Crippen molar-refractivity contribution in [1.29, 1.82) is 0 Å². The smallest absolute Gasteiger partial charge is 0.276 e. The summed E-state index contributed by atoms with van der Waals surface area (Å²) in [5, 5.41) is 19.2. The van der Waals surface area contributed by atoms with Gasteiger partial charge in [0.1, 0.15) is 5.60 Å². The summed E-state index contributed by atoms with van der Waals surface area (Å²) in [6, 6.07) is 0. The maximum atomic E-state index is 12.5. The van der Waals surface area contributed by atoms with E-state index in [1.165, 1.54) is 5.01 Å². The molecule has 0 radical (unpaired) electrons. The fourth-order valence-corrected chi connectivity index (χ4v) is 2.11. The minimum Gasteiger partial charge on any atom is -0.390 e. The van der Waals surface area contributed by atoms with Gasteiger partial charge in [0, 0.05) is 12.5 Å². The molecule has 1 aliphatic rings. The molecule has 0 saturated heterocycles. The van der Waals surface area contributed by atoms with Crippen LogP contribution in [0.1, 0.15) is 48.5 Å². The fraction of sp³-hybridized carbons (Fsp3) is 0.786. The number of carbonyl (C=O) groups is 1. The Morgan fingerprint density at radius 3 is 2.24 bits per heavy atom. The summed E-state index contributed by atoms with van der Waals surface area (Å²) in [6.45, 7) is 12.9. The topological polar surface area (TPSA) is 86.5 Å². The standard InChI is InChI=1S/C14H26N4O3/c1-9(16-21-13(5,6)7)14(17-20)10(12(2,3)4)15-18(8)11(14)19/h17,20H,1-8H3/b16-9+. The van der Waals surface area contributed by atoms with E-state index >= 15 is 0 Å². The zero-order chi connectivity index (χ0) is 16.6. The van der Waals surface area contributed by atoms with E-state index in [4.69, 9.17) is 4.84 Å². The van der Waals surface area contributed by atoms with Crippen molar-refractivity contribution in [3.05, 3.63) is 0 Å². The van der Waals surface area contributed by atoms with Crippen LogP contribution in [0.2, 0.25) is 0 Å². The second kappa shape index (κ2) is 5.38. The van der Waals surface area contributed by atoms with Crippen LogP contribution in [0.4, 0.5) is 0 Å². The van der Waals surface area contributed by atoms with E-state index in [9.17, 15) is 10.0 Å². The van der Waals surface area contributed by atoms with Gasteiger partial charge in [0.05, 0.1) is 11.4 Å². The Morgan fingerprint density at radius 1 is 1.33 bits per heavy atom. The quantitative estimate of drug-likeness (QED) is 0.614. The molecule has 1 atom stereocenters. The normalized spacial score (nSPS) is 24.4. The van der Waals surface area contributed by atoms with Crippen LogP contribution in [0.3, 0.4) is 0 Å². The van der Waals surface area contributed by atoms with Crippen molar-refractivity contribution in [3.8, 4) is 0 Å². The van der Waals surface area contributed by atoms with Crippen molar-refractivity contribution in [2.75, 3.05) is 7.05 Å². The number of carbonyl (C=O) groups excluding carboxylic acids is 1. The summed E-state index contributed by atoms with van der Waals surface area (Å²) in [5.74, 6) is -0.395. The van der Waals surface area contributed by atoms with Crippen LogP contribution in [0.25, 0.3) is 0 Å². The Kier molecular flexibility index (Phi) is 4.51. The molecule has 0 aliphatic carbocycles. The van der Waals surface area contributed by atoms with Gasteiger partial charge in [-0.1, -0.05) is 25.9 Å². The van der Waals surface area contributed by atoms with E-state index in [1.54, 1.807) is 14.0 Å². The first-order chi connectivity index (χ1) is 9.36. The summed E-state index contributed by atoms with van der Waals surface area (Å²) < 4.78 is 0. The predicted molar refractivity (Wildman–Crippen MR) is 81.3 cm³/mol. The monoisotopic (exact) mass is 298 g/mol. The Labute approximate surface area is 126 Å². The highest BCUT2D eigenvalue weighted by molar-refractivity contribution is 6.34. The molecule has 1 unspecified atom stereocenters. The van der Waals surface area contributed by atoms with Crippen LogP contribution in [-0.4, -0.2) is 45.7 Å². The summed E-state index contributed by atoms with van der Waals surface area (Å²) in [7, 11) is 1.55. The molecule has 2 N–H and O–H groups in total. The molecule has 7 nitrogen and oxygen atoms in total. The van der Waals surface area contributed by atoms with E-state index in [0.717, 1.165) is 0 Å². The highest BCUT2D eigenvalue weighted by Crippen LogP contribution is 2.32. The average Bonchev–Trinajstić information content (AvgIpc) is 2.59. The largest absolute Gasteiger partial charge is 0.390 e. The van der Waals surface area contributed by atoms with Crippen molar-refractivity contribution < 1.29 is 14.8 Å². The summed E-state index contributed by atoms with van der Waals surface area (Å²) in [5.41, 5.74) is 0.496. The molecule has 1 amide bonds. The second-order valence-electron chi connectivity index (χ2n) is 7.27. The zero-order valence-corrected chi connectivity index (χ0v) is 14.1. The number of hydrogen-bond acceptors (Lipinski definition) is 6. The SMILES string of the molecule is C/C(=N\OC(C)(C)C)C1(NO)C(=O)N(C)N=C1C(C)(C)C. The van der Waals surface area contributed by atoms with Crippen LogP contribution in [0, 0.1) is 5.41 Å². The van der Waals surface area contributed by atoms with Crippen LogP contribution in [0.5, 0.6) is 0 Å². The van der Waals surface area contributed by atoms with Crippen molar-refractivity contribution >= 4 is 17.3 Å². The molecular weight excluding hydrogens is 272 g/mol. The molecular formula is C14H26N4O3.